The Kier molecular flexibility index (Phi) is 1.91. The molecule has 0 saturated heterocycles. The number of hydrogen-bond donors (Lipinski definition) is 3. The number of carboxylic acid groups (broad SMARTS) is 2. The van der Waals surface area contributed by atoms with Gasteiger partial charge in [-0.1, -0.05) is 19.1 Å². The molecule has 5 heteroatoms. The van der Waals surface area contributed by atoms with Crippen LogP contribution in [0.25, 0.3) is 0 Å². The van der Waals surface area contributed by atoms with E-state index in [4.69, 9.17) is 10.2 Å². The average Bonchev–Trinajstić information content (AvgIpc) is 2.52. The minimum atomic E-state index is -1.16. The summed E-state index contributed by atoms with van der Waals surface area (Å²) < 4.78 is 0. The van der Waals surface area contributed by atoms with Crippen molar-refractivity contribution in [3.8, 4) is 0 Å². The van der Waals surface area contributed by atoms with Gasteiger partial charge in [0, 0.05) is 11.3 Å². The Bertz CT molecular complexity index is 361. The summed E-state index contributed by atoms with van der Waals surface area (Å²) in [4.78, 5) is 22.0. The molecule has 0 aromatic heterocycles. The lowest BCUT2D eigenvalue weighted by molar-refractivity contribution is -0.155. The van der Waals surface area contributed by atoms with Gasteiger partial charge in [0.1, 0.15) is 0 Å². The SMILES string of the molecule is CC12C=CC(C(C(=O)O)C1C(=O)O)C2O. The highest BCUT2D eigenvalue weighted by Gasteiger charge is 2.64. The lowest BCUT2D eigenvalue weighted by Gasteiger charge is -2.28. The molecule has 1 fully saturated rings. The van der Waals surface area contributed by atoms with Gasteiger partial charge in [0.25, 0.3) is 0 Å². The van der Waals surface area contributed by atoms with E-state index < -0.39 is 41.2 Å². The third-order valence-corrected chi connectivity index (χ3v) is 3.67. The summed E-state index contributed by atoms with van der Waals surface area (Å²) in [6.07, 6.45) is 2.34. The van der Waals surface area contributed by atoms with Crippen molar-refractivity contribution in [3.05, 3.63) is 12.2 Å². The molecule has 2 aliphatic rings. The highest BCUT2D eigenvalue weighted by molar-refractivity contribution is 5.83. The smallest absolute Gasteiger partial charge is 0.308 e. The molecule has 2 aliphatic carbocycles. The number of fused-ring (bicyclic) bond motifs is 2. The molecule has 5 unspecified atom stereocenters. The van der Waals surface area contributed by atoms with Crippen molar-refractivity contribution in [2.24, 2.45) is 23.2 Å². The second kappa shape index (κ2) is 2.82. The Hall–Kier alpha value is -1.36. The number of hydrogen-bond acceptors (Lipinski definition) is 3. The van der Waals surface area contributed by atoms with Crippen molar-refractivity contribution in [1.29, 1.82) is 0 Å². The maximum atomic E-state index is 11.0. The molecule has 3 N–H and O–H groups in total. The lowest BCUT2D eigenvalue weighted by atomic mass is 9.74. The van der Waals surface area contributed by atoms with E-state index in [1.165, 1.54) is 0 Å². The molecular formula is C10H12O5. The van der Waals surface area contributed by atoms with Crippen LogP contribution in [-0.2, 0) is 9.59 Å². The van der Waals surface area contributed by atoms with Crippen molar-refractivity contribution >= 4 is 11.9 Å². The van der Waals surface area contributed by atoms with Gasteiger partial charge in [-0.05, 0) is 0 Å². The fourth-order valence-corrected chi connectivity index (χ4v) is 2.88. The summed E-state index contributed by atoms with van der Waals surface area (Å²) in [5.41, 5.74) is -0.945. The molecule has 2 rings (SSSR count). The molecule has 0 spiro atoms. The maximum absolute atomic E-state index is 11.0. The Balaban J connectivity index is 2.48. The monoisotopic (exact) mass is 212 g/mol. The molecule has 0 aromatic carbocycles. The molecular weight excluding hydrogens is 200 g/mol. The Labute approximate surface area is 86.0 Å². The number of aliphatic hydroxyl groups excluding tert-OH is 1. The minimum Gasteiger partial charge on any atom is -0.481 e. The Morgan fingerprint density at radius 3 is 2.27 bits per heavy atom. The molecule has 0 aromatic rings. The van der Waals surface area contributed by atoms with Crippen LogP contribution in [0.5, 0.6) is 0 Å². The standard InChI is InChI=1S/C10H12O5/c1-10-3-2-4(7(10)11)5(8(12)13)6(10)9(14)15/h2-7,11H,1H3,(H,12,13)(H,14,15). The summed E-state index contributed by atoms with van der Waals surface area (Å²) in [7, 11) is 0. The summed E-state index contributed by atoms with van der Waals surface area (Å²) in [6, 6.07) is 0. The predicted molar refractivity (Wildman–Crippen MR) is 49.0 cm³/mol. The third kappa shape index (κ3) is 1.07. The minimum absolute atomic E-state index is 0.575. The average molecular weight is 212 g/mol. The molecule has 2 bridgehead atoms. The van der Waals surface area contributed by atoms with Crippen LogP contribution in [0, 0.1) is 23.2 Å². The zero-order chi connectivity index (χ0) is 11.4. The molecule has 0 radical (unpaired) electrons. The number of rotatable bonds is 2. The summed E-state index contributed by atoms with van der Waals surface area (Å²) in [6.45, 7) is 1.59. The topological polar surface area (TPSA) is 94.8 Å². The van der Waals surface area contributed by atoms with E-state index in [-0.39, 0.29) is 0 Å². The quantitative estimate of drug-likeness (QED) is 0.558. The lowest BCUT2D eigenvalue weighted by Crippen LogP contribution is -2.38. The molecule has 5 atom stereocenters. The first-order valence-electron chi connectivity index (χ1n) is 4.72. The van der Waals surface area contributed by atoms with Crippen molar-refractivity contribution in [2.45, 2.75) is 13.0 Å². The summed E-state index contributed by atoms with van der Waals surface area (Å²) in [5, 5.41) is 27.8. The summed E-state index contributed by atoms with van der Waals surface area (Å²) in [5.74, 6) is -4.95. The van der Waals surface area contributed by atoms with Crippen molar-refractivity contribution in [3.63, 3.8) is 0 Å². The van der Waals surface area contributed by atoms with E-state index in [2.05, 4.69) is 0 Å². The normalized spacial score (nSPS) is 47.1. The van der Waals surface area contributed by atoms with Crippen LogP contribution >= 0.6 is 0 Å². The number of aliphatic carboxylic acids is 2. The van der Waals surface area contributed by atoms with Gasteiger partial charge in [-0.2, -0.15) is 0 Å². The van der Waals surface area contributed by atoms with Crippen LogP contribution in [-0.4, -0.2) is 33.4 Å². The van der Waals surface area contributed by atoms with Crippen LogP contribution in [0.15, 0.2) is 12.2 Å². The number of aliphatic hydroxyl groups is 1. The van der Waals surface area contributed by atoms with E-state index >= 15 is 0 Å². The molecule has 82 valence electrons. The molecule has 0 amide bonds. The van der Waals surface area contributed by atoms with Crippen LogP contribution in [0.3, 0.4) is 0 Å². The molecule has 5 nitrogen and oxygen atoms in total. The van der Waals surface area contributed by atoms with Gasteiger partial charge in [0.2, 0.25) is 0 Å². The van der Waals surface area contributed by atoms with E-state index in [1.807, 2.05) is 0 Å². The van der Waals surface area contributed by atoms with Crippen molar-refractivity contribution < 1.29 is 24.9 Å². The van der Waals surface area contributed by atoms with Crippen molar-refractivity contribution in [2.75, 3.05) is 0 Å². The van der Waals surface area contributed by atoms with Gasteiger partial charge in [-0.25, -0.2) is 0 Å². The van der Waals surface area contributed by atoms with E-state index in [0.717, 1.165) is 0 Å². The Morgan fingerprint density at radius 1 is 1.27 bits per heavy atom. The first-order valence-corrected chi connectivity index (χ1v) is 4.72. The third-order valence-electron chi connectivity index (χ3n) is 3.67. The fourth-order valence-electron chi connectivity index (χ4n) is 2.88. The first kappa shape index (κ1) is 10.2. The second-order valence-electron chi connectivity index (χ2n) is 4.43. The highest BCUT2D eigenvalue weighted by Crippen LogP contribution is 2.56. The molecule has 1 saturated carbocycles. The van der Waals surface area contributed by atoms with Crippen LogP contribution < -0.4 is 0 Å². The molecule has 0 heterocycles. The van der Waals surface area contributed by atoms with Gasteiger partial charge in [0.15, 0.2) is 0 Å². The van der Waals surface area contributed by atoms with Gasteiger partial charge < -0.3 is 15.3 Å². The number of carbonyl (C=O) groups is 2. The highest BCUT2D eigenvalue weighted by atomic mass is 16.4. The fraction of sp³-hybridized carbons (Fsp3) is 0.600. The summed E-state index contributed by atoms with van der Waals surface area (Å²) >= 11 is 0. The van der Waals surface area contributed by atoms with Crippen LogP contribution in [0.1, 0.15) is 6.92 Å². The zero-order valence-corrected chi connectivity index (χ0v) is 8.12. The van der Waals surface area contributed by atoms with Gasteiger partial charge in [0.05, 0.1) is 17.9 Å². The number of carboxylic acids is 2. The van der Waals surface area contributed by atoms with E-state index in [1.54, 1.807) is 19.1 Å². The van der Waals surface area contributed by atoms with Gasteiger partial charge >= 0.3 is 11.9 Å². The first-order chi connectivity index (χ1) is 6.89. The van der Waals surface area contributed by atoms with E-state index in [9.17, 15) is 14.7 Å². The molecule has 0 aliphatic heterocycles. The zero-order valence-electron chi connectivity index (χ0n) is 8.12. The van der Waals surface area contributed by atoms with Gasteiger partial charge in [-0.3, -0.25) is 9.59 Å². The van der Waals surface area contributed by atoms with Crippen molar-refractivity contribution in [1.82, 2.24) is 0 Å². The largest absolute Gasteiger partial charge is 0.481 e. The van der Waals surface area contributed by atoms with Crippen LogP contribution in [0.2, 0.25) is 0 Å². The van der Waals surface area contributed by atoms with E-state index in [0.29, 0.717) is 0 Å². The van der Waals surface area contributed by atoms with Crippen LogP contribution in [0.4, 0.5) is 0 Å². The van der Waals surface area contributed by atoms with Gasteiger partial charge in [-0.15, -0.1) is 0 Å². The second-order valence-corrected chi connectivity index (χ2v) is 4.43. The maximum Gasteiger partial charge on any atom is 0.308 e. The Morgan fingerprint density at radius 2 is 1.87 bits per heavy atom. The molecule has 15 heavy (non-hydrogen) atoms. The predicted octanol–water partition coefficient (Wildman–Crippen LogP) is -0.0452.